The number of carboxylic acids is 1. The van der Waals surface area contributed by atoms with Crippen molar-refractivity contribution < 1.29 is 23.1 Å². The van der Waals surface area contributed by atoms with Crippen molar-refractivity contribution >= 4 is 21.9 Å². The first kappa shape index (κ1) is 17.2. The maximum atomic E-state index is 12.6. The van der Waals surface area contributed by atoms with Crippen molar-refractivity contribution in [1.82, 2.24) is 14.5 Å². The van der Waals surface area contributed by atoms with E-state index in [0.29, 0.717) is 26.1 Å². The summed E-state index contributed by atoms with van der Waals surface area (Å²) >= 11 is 0. The Kier molecular flexibility index (Phi) is 4.78. The number of carboxylic acid groups (broad SMARTS) is 1. The SMILES string of the molecule is CC(C(=O)O)C1C(NS(C)(=O)=O)CCN1C(=O)C1CN(C)C1. The fourth-order valence-corrected chi connectivity index (χ4v) is 4.14. The average molecular weight is 333 g/mol. The number of aliphatic carboxylic acids is 1. The van der Waals surface area contributed by atoms with Crippen LogP contribution < -0.4 is 4.72 Å². The Morgan fingerprint density at radius 2 is 1.91 bits per heavy atom. The lowest BCUT2D eigenvalue weighted by molar-refractivity contribution is -0.148. The summed E-state index contributed by atoms with van der Waals surface area (Å²) in [7, 11) is -1.54. The van der Waals surface area contributed by atoms with Gasteiger partial charge in [-0.05, 0) is 20.4 Å². The highest BCUT2D eigenvalue weighted by Gasteiger charge is 2.46. The molecule has 3 unspecified atom stereocenters. The highest BCUT2D eigenvalue weighted by Crippen LogP contribution is 2.29. The maximum Gasteiger partial charge on any atom is 0.308 e. The van der Waals surface area contributed by atoms with Gasteiger partial charge in [0.1, 0.15) is 0 Å². The van der Waals surface area contributed by atoms with Crippen LogP contribution >= 0.6 is 0 Å². The number of carbonyl (C=O) groups excluding carboxylic acids is 1. The summed E-state index contributed by atoms with van der Waals surface area (Å²) in [5, 5.41) is 9.29. The first-order valence-electron chi connectivity index (χ1n) is 7.29. The fourth-order valence-electron chi connectivity index (χ4n) is 3.33. The van der Waals surface area contributed by atoms with Crippen LogP contribution in [0.15, 0.2) is 0 Å². The molecule has 2 fully saturated rings. The number of rotatable bonds is 5. The Bertz CT molecular complexity index is 558. The molecule has 2 saturated heterocycles. The number of hydrogen-bond donors (Lipinski definition) is 2. The molecule has 126 valence electrons. The molecule has 0 aromatic carbocycles. The zero-order valence-corrected chi connectivity index (χ0v) is 13.8. The number of carbonyl (C=O) groups is 2. The van der Waals surface area contributed by atoms with E-state index in [1.165, 1.54) is 6.92 Å². The van der Waals surface area contributed by atoms with E-state index in [1.54, 1.807) is 4.90 Å². The van der Waals surface area contributed by atoms with Crippen molar-refractivity contribution in [3.63, 3.8) is 0 Å². The van der Waals surface area contributed by atoms with Crippen LogP contribution in [0.1, 0.15) is 13.3 Å². The Labute approximate surface area is 130 Å². The normalized spacial score (nSPS) is 28.4. The van der Waals surface area contributed by atoms with Crippen LogP contribution in [0.2, 0.25) is 0 Å². The minimum Gasteiger partial charge on any atom is -0.481 e. The predicted octanol–water partition coefficient (Wildman–Crippen LogP) is -1.21. The standard InChI is InChI=1S/C13H23N3O5S/c1-8(13(18)19)11-10(14-22(3,20)21)4-5-16(11)12(17)9-6-15(2)7-9/h8-11,14H,4-7H2,1-3H3,(H,18,19). The number of hydrogen-bond acceptors (Lipinski definition) is 5. The van der Waals surface area contributed by atoms with Gasteiger partial charge >= 0.3 is 5.97 Å². The van der Waals surface area contributed by atoms with Gasteiger partial charge in [-0.1, -0.05) is 0 Å². The lowest BCUT2D eigenvalue weighted by Gasteiger charge is -2.40. The molecule has 0 aromatic heterocycles. The van der Waals surface area contributed by atoms with Crippen molar-refractivity contribution in [3.8, 4) is 0 Å². The van der Waals surface area contributed by atoms with Gasteiger partial charge in [0.15, 0.2) is 0 Å². The summed E-state index contributed by atoms with van der Waals surface area (Å²) < 4.78 is 25.4. The summed E-state index contributed by atoms with van der Waals surface area (Å²) in [5.41, 5.74) is 0. The van der Waals surface area contributed by atoms with Crippen LogP contribution in [-0.4, -0.2) is 80.2 Å². The van der Waals surface area contributed by atoms with Crippen LogP contribution in [0.5, 0.6) is 0 Å². The summed E-state index contributed by atoms with van der Waals surface area (Å²) in [6, 6.07) is -1.20. The third-order valence-corrected chi connectivity index (χ3v) is 5.15. The van der Waals surface area contributed by atoms with Crippen LogP contribution in [0, 0.1) is 11.8 Å². The van der Waals surface area contributed by atoms with Crippen LogP contribution in [0.3, 0.4) is 0 Å². The number of likely N-dealkylation sites (tertiary alicyclic amines) is 2. The van der Waals surface area contributed by atoms with E-state index in [9.17, 15) is 23.1 Å². The van der Waals surface area contributed by atoms with Crippen molar-refractivity contribution in [2.45, 2.75) is 25.4 Å². The van der Waals surface area contributed by atoms with E-state index in [-0.39, 0.29) is 11.8 Å². The molecule has 2 aliphatic heterocycles. The van der Waals surface area contributed by atoms with Crippen molar-refractivity contribution in [1.29, 1.82) is 0 Å². The molecule has 0 aliphatic carbocycles. The quantitative estimate of drug-likeness (QED) is 0.654. The van der Waals surface area contributed by atoms with Gasteiger partial charge in [-0.25, -0.2) is 13.1 Å². The zero-order chi connectivity index (χ0) is 16.7. The summed E-state index contributed by atoms with van der Waals surface area (Å²) in [6.07, 6.45) is 1.48. The molecule has 3 atom stereocenters. The second-order valence-electron chi connectivity index (χ2n) is 6.35. The first-order valence-corrected chi connectivity index (χ1v) is 9.18. The van der Waals surface area contributed by atoms with E-state index in [4.69, 9.17) is 0 Å². The lowest BCUT2D eigenvalue weighted by Crippen LogP contribution is -2.57. The van der Waals surface area contributed by atoms with E-state index >= 15 is 0 Å². The number of nitrogens with one attached hydrogen (secondary N) is 1. The molecule has 0 radical (unpaired) electrons. The second-order valence-corrected chi connectivity index (χ2v) is 8.13. The number of amides is 1. The van der Waals surface area contributed by atoms with Crippen molar-refractivity contribution in [2.24, 2.45) is 11.8 Å². The van der Waals surface area contributed by atoms with Crippen LogP contribution in [0.25, 0.3) is 0 Å². The Hall–Kier alpha value is -1.19. The Balaban J connectivity index is 2.18. The van der Waals surface area contributed by atoms with Crippen molar-refractivity contribution in [3.05, 3.63) is 0 Å². The van der Waals surface area contributed by atoms with E-state index in [2.05, 4.69) is 4.72 Å². The predicted molar refractivity (Wildman–Crippen MR) is 79.7 cm³/mol. The van der Waals surface area contributed by atoms with Gasteiger partial charge in [0.05, 0.1) is 24.1 Å². The van der Waals surface area contributed by atoms with Gasteiger partial charge in [0.2, 0.25) is 15.9 Å². The van der Waals surface area contributed by atoms with Crippen LogP contribution in [0.4, 0.5) is 0 Å². The summed E-state index contributed by atoms with van der Waals surface area (Å²) in [4.78, 5) is 27.5. The zero-order valence-electron chi connectivity index (χ0n) is 13.0. The largest absolute Gasteiger partial charge is 0.481 e. The number of nitrogens with zero attached hydrogens (tertiary/aromatic N) is 2. The lowest BCUT2D eigenvalue weighted by atomic mass is 9.93. The topological polar surface area (TPSA) is 107 Å². The molecule has 2 aliphatic rings. The summed E-state index contributed by atoms with van der Waals surface area (Å²) in [5.74, 6) is -2.06. The molecule has 2 heterocycles. The van der Waals surface area contributed by atoms with Crippen molar-refractivity contribution in [2.75, 3.05) is 32.9 Å². The third-order valence-electron chi connectivity index (χ3n) is 4.42. The van der Waals surface area contributed by atoms with Gasteiger partial charge in [-0.15, -0.1) is 0 Å². The van der Waals surface area contributed by atoms with E-state index in [0.717, 1.165) is 6.26 Å². The highest BCUT2D eigenvalue weighted by molar-refractivity contribution is 7.88. The molecular weight excluding hydrogens is 310 g/mol. The van der Waals surface area contributed by atoms with Gasteiger partial charge in [-0.2, -0.15) is 0 Å². The minimum absolute atomic E-state index is 0.0750. The minimum atomic E-state index is -3.46. The smallest absolute Gasteiger partial charge is 0.308 e. The molecular formula is C13H23N3O5S. The fraction of sp³-hybridized carbons (Fsp3) is 0.846. The van der Waals surface area contributed by atoms with Gasteiger partial charge in [0.25, 0.3) is 0 Å². The summed E-state index contributed by atoms with van der Waals surface area (Å²) in [6.45, 7) is 3.22. The molecule has 0 saturated carbocycles. The molecule has 1 amide bonds. The highest BCUT2D eigenvalue weighted by atomic mass is 32.2. The maximum absolute atomic E-state index is 12.6. The molecule has 9 heteroatoms. The van der Waals surface area contributed by atoms with E-state index in [1.807, 2.05) is 11.9 Å². The molecule has 2 N–H and O–H groups in total. The molecule has 0 bridgehead atoms. The Morgan fingerprint density at radius 1 is 1.32 bits per heavy atom. The average Bonchev–Trinajstić information content (AvgIpc) is 2.74. The Morgan fingerprint density at radius 3 is 2.36 bits per heavy atom. The molecule has 0 aromatic rings. The second kappa shape index (κ2) is 6.13. The van der Waals surface area contributed by atoms with E-state index < -0.39 is 34.0 Å². The number of sulfonamides is 1. The molecule has 8 nitrogen and oxygen atoms in total. The first-order chi connectivity index (χ1) is 10.1. The van der Waals surface area contributed by atoms with Crippen LogP contribution in [-0.2, 0) is 19.6 Å². The van der Waals surface area contributed by atoms with Gasteiger partial charge < -0.3 is 14.9 Å². The molecule has 2 rings (SSSR count). The third kappa shape index (κ3) is 3.58. The monoisotopic (exact) mass is 333 g/mol. The van der Waals surface area contributed by atoms with Gasteiger partial charge in [-0.3, -0.25) is 9.59 Å². The molecule has 22 heavy (non-hydrogen) atoms. The van der Waals surface area contributed by atoms with Gasteiger partial charge in [0, 0.05) is 25.7 Å². The molecule has 0 spiro atoms.